The molecule has 0 saturated carbocycles. The van der Waals surface area contributed by atoms with Crippen molar-refractivity contribution in [1.82, 2.24) is 4.90 Å². The molecular formula is C14H17NO2. The number of hydrogen-bond acceptors (Lipinski definition) is 2. The van der Waals surface area contributed by atoms with Crippen molar-refractivity contribution in [2.24, 2.45) is 0 Å². The predicted molar refractivity (Wildman–Crippen MR) is 67.6 cm³/mol. The summed E-state index contributed by atoms with van der Waals surface area (Å²) in [7, 11) is 3.36. The van der Waals surface area contributed by atoms with Crippen LogP contribution < -0.4 is 4.74 Å². The van der Waals surface area contributed by atoms with Gasteiger partial charge in [-0.3, -0.25) is 4.79 Å². The minimum Gasteiger partial charge on any atom is -0.496 e. The molecule has 0 aromatic heterocycles. The Morgan fingerprint density at radius 1 is 1.41 bits per heavy atom. The van der Waals surface area contributed by atoms with Gasteiger partial charge in [-0.25, -0.2) is 0 Å². The molecule has 1 aromatic carbocycles. The van der Waals surface area contributed by atoms with Gasteiger partial charge in [0.2, 0.25) is 0 Å². The second kappa shape index (κ2) is 5.95. The lowest BCUT2D eigenvalue weighted by atomic mass is 10.1. The van der Waals surface area contributed by atoms with Gasteiger partial charge < -0.3 is 9.64 Å². The van der Waals surface area contributed by atoms with E-state index in [4.69, 9.17) is 4.74 Å². The lowest BCUT2D eigenvalue weighted by Gasteiger charge is -2.24. The molecule has 90 valence electrons. The van der Waals surface area contributed by atoms with Gasteiger partial charge in [0.1, 0.15) is 5.75 Å². The number of amides is 1. The summed E-state index contributed by atoms with van der Waals surface area (Å²) in [6, 6.07) is 7.60. The third kappa shape index (κ3) is 3.01. The van der Waals surface area contributed by atoms with Crippen LogP contribution >= 0.6 is 0 Å². The third-order valence-electron chi connectivity index (χ3n) is 2.72. The summed E-state index contributed by atoms with van der Waals surface area (Å²) in [4.78, 5) is 13.3. The first-order valence-corrected chi connectivity index (χ1v) is 5.44. The summed E-state index contributed by atoms with van der Waals surface area (Å²) in [6.07, 6.45) is 0. The fourth-order valence-electron chi connectivity index (χ4n) is 1.59. The predicted octanol–water partition coefficient (Wildman–Crippen LogP) is 2.24. The van der Waals surface area contributed by atoms with E-state index in [1.165, 1.54) is 0 Å². The van der Waals surface area contributed by atoms with Crippen LogP contribution in [0.2, 0.25) is 0 Å². The largest absolute Gasteiger partial charge is 0.496 e. The zero-order valence-electron chi connectivity index (χ0n) is 10.7. The number of hydrogen-bond donors (Lipinski definition) is 0. The molecule has 0 aliphatic carbocycles. The summed E-state index contributed by atoms with van der Waals surface area (Å²) >= 11 is 0. The number of nitrogens with zero attached hydrogens (tertiary/aromatic N) is 1. The van der Waals surface area contributed by atoms with Crippen LogP contribution in [0.15, 0.2) is 24.3 Å². The molecule has 0 unspecified atom stereocenters. The Kier molecular flexibility index (Phi) is 4.59. The molecule has 0 radical (unpaired) electrons. The van der Waals surface area contributed by atoms with Gasteiger partial charge in [0.15, 0.2) is 0 Å². The van der Waals surface area contributed by atoms with E-state index in [0.717, 1.165) is 11.3 Å². The minimum atomic E-state index is -0.189. The average molecular weight is 231 g/mol. The Hall–Kier alpha value is -1.95. The quantitative estimate of drug-likeness (QED) is 0.747. The molecule has 0 fully saturated rings. The maximum atomic E-state index is 11.7. The van der Waals surface area contributed by atoms with E-state index in [1.807, 2.05) is 31.2 Å². The van der Waals surface area contributed by atoms with E-state index < -0.39 is 0 Å². The lowest BCUT2D eigenvalue weighted by Crippen LogP contribution is -2.28. The molecule has 1 rings (SSSR count). The summed E-state index contributed by atoms with van der Waals surface area (Å²) < 4.78 is 5.28. The molecule has 3 nitrogen and oxygen atoms in total. The molecule has 0 saturated heterocycles. The second-order valence-corrected chi connectivity index (χ2v) is 3.71. The van der Waals surface area contributed by atoms with Crippen molar-refractivity contribution in [3.8, 4) is 17.6 Å². The molecule has 17 heavy (non-hydrogen) atoms. The van der Waals surface area contributed by atoms with E-state index >= 15 is 0 Å². The zero-order chi connectivity index (χ0) is 12.8. The standard InChI is InChI=1S/C14H17NO2/c1-5-8-14(16)15(3)11(2)12-9-6-7-10-13(12)17-4/h6-7,9-11H,1-4H3/t11-/m1/s1. The SMILES string of the molecule is CC#CC(=O)N(C)[C@H](C)c1ccccc1OC. The van der Waals surface area contributed by atoms with Crippen molar-refractivity contribution in [1.29, 1.82) is 0 Å². The Labute approximate surface area is 102 Å². The van der Waals surface area contributed by atoms with Crippen LogP contribution in [0.5, 0.6) is 5.75 Å². The third-order valence-corrected chi connectivity index (χ3v) is 2.72. The highest BCUT2D eigenvalue weighted by molar-refractivity contribution is 5.93. The molecule has 0 bridgehead atoms. The van der Waals surface area contributed by atoms with Crippen LogP contribution in [0.25, 0.3) is 0 Å². The van der Waals surface area contributed by atoms with Crippen LogP contribution in [-0.2, 0) is 4.79 Å². The van der Waals surface area contributed by atoms with Crippen LogP contribution in [0.3, 0.4) is 0 Å². The van der Waals surface area contributed by atoms with Crippen molar-refractivity contribution in [3.05, 3.63) is 29.8 Å². The smallest absolute Gasteiger partial charge is 0.298 e. The van der Waals surface area contributed by atoms with Crippen molar-refractivity contribution >= 4 is 5.91 Å². The first kappa shape index (κ1) is 13.1. The summed E-state index contributed by atoms with van der Waals surface area (Å²) in [5, 5.41) is 0. The Morgan fingerprint density at radius 2 is 2.06 bits per heavy atom. The van der Waals surface area contributed by atoms with Crippen LogP contribution in [0, 0.1) is 11.8 Å². The highest BCUT2D eigenvalue weighted by atomic mass is 16.5. The molecule has 0 aliphatic heterocycles. The molecular weight excluding hydrogens is 214 g/mol. The van der Waals surface area contributed by atoms with Gasteiger partial charge in [0, 0.05) is 12.6 Å². The van der Waals surface area contributed by atoms with Crippen molar-refractivity contribution < 1.29 is 9.53 Å². The van der Waals surface area contributed by atoms with Crippen molar-refractivity contribution in [3.63, 3.8) is 0 Å². The Morgan fingerprint density at radius 3 is 2.65 bits per heavy atom. The molecule has 3 heteroatoms. The molecule has 0 N–H and O–H groups in total. The number of para-hydroxylation sites is 1. The fraction of sp³-hybridized carbons (Fsp3) is 0.357. The monoisotopic (exact) mass is 231 g/mol. The topological polar surface area (TPSA) is 29.5 Å². The summed E-state index contributed by atoms with van der Waals surface area (Å²) in [5.41, 5.74) is 0.976. The summed E-state index contributed by atoms with van der Waals surface area (Å²) in [6.45, 7) is 3.60. The Balaban J connectivity index is 2.98. The van der Waals surface area contributed by atoms with Crippen LogP contribution in [0.4, 0.5) is 0 Å². The van der Waals surface area contributed by atoms with Gasteiger partial charge in [0.25, 0.3) is 5.91 Å². The first-order chi connectivity index (χ1) is 8.11. The molecule has 1 amide bonds. The van der Waals surface area contributed by atoms with E-state index in [9.17, 15) is 4.79 Å². The van der Waals surface area contributed by atoms with Crippen LogP contribution in [0.1, 0.15) is 25.5 Å². The molecule has 0 aliphatic rings. The lowest BCUT2D eigenvalue weighted by molar-refractivity contribution is -0.125. The number of rotatable bonds is 3. The number of carbonyl (C=O) groups is 1. The zero-order valence-corrected chi connectivity index (χ0v) is 10.7. The van der Waals surface area contributed by atoms with E-state index in [0.29, 0.717) is 0 Å². The molecule has 1 aromatic rings. The van der Waals surface area contributed by atoms with Crippen molar-refractivity contribution in [2.75, 3.05) is 14.2 Å². The number of ether oxygens (including phenoxy) is 1. The second-order valence-electron chi connectivity index (χ2n) is 3.71. The van der Waals surface area contributed by atoms with Gasteiger partial charge in [0.05, 0.1) is 13.2 Å². The highest BCUT2D eigenvalue weighted by Crippen LogP contribution is 2.27. The normalized spacial score (nSPS) is 11.1. The van der Waals surface area contributed by atoms with Crippen molar-refractivity contribution in [2.45, 2.75) is 19.9 Å². The average Bonchev–Trinajstić information content (AvgIpc) is 2.37. The van der Waals surface area contributed by atoms with E-state index in [-0.39, 0.29) is 11.9 Å². The Bertz CT molecular complexity index is 457. The maximum Gasteiger partial charge on any atom is 0.298 e. The van der Waals surface area contributed by atoms with Gasteiger partial charge >= 0.3 is 0 Å². The maximum absolute atomic E-state index is 11.7. The van der Waals surface area contributed by atoms with E-state index in [2.05, 4.69) is 11.8 Å². The number of methoxy groups -OCH3 is 1. The number of carbonyl (C=O) groups excluding carboxylic acids is 1. The summed E-state index contributed by atoms with van der Waals surface area (Å²) in [5.74, 6) is 5.73. The fourth-order valence-corrected chi connectivity index (χ4v) is 1.59. The van der Waals surface area contributed by atoms with Gasteiger partial charge in [-0.15, -0.1) is 0 Å². The van der Waals surface area contributed by atoms with Crippen LogP contribution in [-0.4, -0.2) is 25.0 Å². The van der Waals surface area contributed by atoms with Gasteiger partial charge in [-0.05, 0) is 25.8 Å². The number of benzene rings is 1. The van der Waals surface area contributed by atoms with Gasteiger partial charge in [-0.2, -0.15) is 0 Å². The highest BCUT2D eigenvalue weighted by Gasteiger charge is 2.18. The molecule has 0 spiro atoms. The minimum absolute atomic E-state index is 0.0699. The molecule has 1 atom stereocenters. The first-order valence-electron chi connectivity index (χ1n) is 5.44. The van der Waals surface area contributed by atoms with Gasteiger partial charge in [-0.1, -0.05) is 24.1 Å². The molecule has 0 heterocycles. The van der Waals surface area contributed by atoms with E-state index in [1.54, 1.807) is 26.0 Å².